The normalized spacial score (nSPS) is 10.2. The van der Waals surface area contributed by atoms with E-state index in [9.17, 15) is 9.59 Å². The SMILES string of the molecule is Cc1cc(=O)n(-c2ccccc2)nc1C(=O)O. The Hall–Kier alpha value is -2.43. The lowest BCUT2D eigenvalue weighted by atomic mass is 10.2. The highest BCUT2D eigenvalue weighted by atomic mass is 16.4. The topological polar surface area (TPSA) is 72.2 Å². The van der Waals surface area contributed by atoms with Crippen molar-refractivity contribution in [1.82, 2.24) is 9.78 Å². The minimum Gasteiger partial charge on any atom is -0.476 e. The van der Waals surface area contributed by atoms with Crippen molar-refractivity contribution >= 4 is 5.97 Å². The summed E-state index contributed by atoms with van der Waals surface area (Å²) in [7, 11) is 0. The summed E-state index contributed by atoms with van der Waals surface area (Å²) in [4.78, 5) is 22.7. The van der Waals surface area contributed by atoms with Crippen LogP contribution in [-0.2, 0) is 0 Å². The standard InChI is InChI=1S/C12H10N2O3/c1-8-7-10(15)14(13-11(8)12(16)17)9-5-3-2-4-6-9/h2-7H,1H3,(H,16,17). The summed E-state index contributed by atoms with van der Waals surface area (Å²) in [6, 6.07) is 9.96. The Morgan fingerprint density at radius 1 is 1.29 bits per heavy atom. The minimum atomic E-state index is -1.15. The summed E-state index contributed by atoms with van der Waals surface area (Å²) in [6.45, 7) is 1.55. The van der Waals surface area contributed by atoms with Crippen LogP contribution in [0.25, 0.3) is 5.69 Å². The summed E-state index contributed by atoms with van der Waals surface area (Å²) < 4.78 is 1.08. The third-order valence-corrected chi connectivity index (χ3v) is 2.33. The molecule has 1 aromatic heterocycles. The highest BCUT2D eigenvalue weighted by Crippen LogP contribution is 2.05. The third kappa shape index (κ3) is 2.08. The Morgan fingerprint density at radius 3 is 2.53 bits per heavy atom. The number of aromatic nitrogens is 2. The van der Waals surface area contributed by atoms with Crippen molar-refractivity contribution in [3.63, 3.8) is 0 Å². The second kappa shape index (κ2) is 4.21. The Balaban J connectivity index is 2.67. The maximum absolute atomic E-state index is 11.7. The van der Waals surface area contributed by atoms with Gasteiger partial charge < -0.3 is 5.11 Å². The molecule has 0 unspecified atom stereocenters. The highest BCUT2D eigenvalue weighted by Gasteiger charge is 2.12. The minimum absolute atomic E-state index is 0.117. The first-order valence-electron chi connectivity index (χ1n) is 4.99. The first kappa shape index (κ1) is 11.1. The lowest BCUT2D eigenvalue weighted by Gasteiger charge is -2.06. The molecule has 0 aliphatic rings. The Morgan fingerprint density at radius 2 is 1.94 bits per heavy atom. The molecule has 0 saturated carbocycles. The summed E-state index contributed by atoms with van der Waals surface area (Å²) in [5.41, 5.74) is 0.432. The molecule has 5 heteroatoms. The van der Waals surface area contributed by atoms with Crippen LogP contribution in [0.4, 0.5) is 0 Å². The smallest absolute Gasteiger partial charge is 0.356 e. The zero-order chi connectivity index (χ0) is 12.4. The van der Waals surface area contributed by atoms with Gasteiger partial charge >= 0.3 is 5.97 Å². The average molecular weight is 230 g/mol. The van der Waals surface area contributed by atoms with Gasteiger partial charge in [-0.1, -0.05) is 18.2 Å². The van der Waals surface area contributed by atoms with Crippen molar-refractivity contribution < 1.29 is 9.90 Å². The molecular formula is C12H10N2O3. The number of nitrogens with zero attached hydrogens (tertiary/aromatic N) is 2. The molecule has 2 rings (SSSR count). The van der Waals surface area contributed by atoms with Crippen molar-refractivity contribution in [2.75, 3.05) is 0 Å². The lowest BCUT2D eigenvalue weighted by molar-refractivity contribution is 0.0687. The van der Waals surface area contributed by atoms with Crippen LogP contribution < -0.4 is 5.56 Å². The van der Waals surface area contributed by atoms with E-state index in [0.29, 0.717) is 11.3 Å². The van der Waals surface area contributed by atoms with Gasteiger partial charge in [-0.05, 0) is 24.6 Å². The van der Waals surface area contributed by atoms with Crippen molar-refractivity contribution in [2.24, 2.45) is 0 Å². The molecule has 5 nitrogen and oxygen atoms in total. The number of hydrogen-bond acceptors (Lipinski definition) is 3. The molecule has 0 saturated heterocycles. The molecule has 0 bridgehead atoms. The van der Waals surface area contributed by atoms with Crippen molar-refractivity contribution in [1.29, 1.82) is 0 Å². The molecule has 1 heterocycles. The molecule has 0 fully saturated rings. The zero-order valence-corrected chi connectivity index (χ0v) is 9.12. The van der Waals surface area contributed by atoms with Gasteiger partial charge in [0.1, 0.15) is 0 Å². The van der Waals surface area contributed by atoms with Gasteiger partial charge in [0.2, 0.25) is 0 Å². The fourth-order valence-electron chi connectivity index (χ4n) is 1.51. The molecule has 2 aromatic rings. The fraction of sp³-hybridized carbons (Fsp3) is 0.0833. The molecule has 86 valence electrons. The Bertz CT molecular complexity index is 617. The second-order valence-corrected chi connectivity index (χ2v) is 3.57. The van der Waals surface area contributed by atoms with Gasteiger partial charge in [-0.15, -0.1) is 0 Å². The van der Waals surface area contributed by atoms with E-state index in [2.05, 4.69) is 5.10 Å². The maximum Gasteiger partial charge on any atom is 0.356 e. The fourth-order valence-corrected chi connectivity index (χ4v) is 1.51. The van der Waals surface area contributed by atoms with Crippen molar-refractivity contribution in [3.05, 3.63) is 58.0 Å². The van der Waals surface area contributed by atoms with E-state index in [1.807, 2.05) is 0 Å². The summed E-state index contributed by atoms with van der Waals surface area (Å²) in [5.74, 6) is -1.15. The summed E-state index contributed by atoms with van der Waals surface area (Å²) in [6.07, 6.45) is 0. The van der Waals surface area contributed by atoms with Crippen LogP contribution in [0, 0.1) is 6.92 Å². The van der Waals surface area contributed by atoms with Crippen molar-refractivity contribution in [2.45, 2.75) is 6.92 Å². The van der Waals surface area contributed by atoms with Gasteiger partial charge in [0.15, 0.2) is 5.69 Å². The first-order chi connectivity index (χ1) is 8.09. The van der Waals surface area contributed by atoms with Crippen LogP contribution in [0.2, 0.25) is 0 Å². The van der Waals surface area contributed by atoms with E-state index in [1.54, 1.807) is 37.3 Å². The Kier molecular flexibility index (Phi) is 2.74. The summed E-state index contributed by atoms with van der Waals surface area (Å²) >= 11 is 0. The van der Waals surface area contributed by atoms with E-state index in [4.69, 9.17) is 5.11 Å². The monoisotopic (exact) mass is 230 g/mol. The molecule has 0 spiro atoms. The molecule has 0 aliphatic heterocycles. The van der Waals surface area contributed by atoms with Gasteiger partial charge in [0.25, 0.3) is 5.56 Å². The van der Waals surface area contributed by atoms with Crippen LogP contribution in [0.3, 0.4) is 0 Å². The van der Waals surface area contributed by atoms with E-state index in [1.165, 1.54) is 6.07 Å². The van der Waals surface area contributed by atoms with Gasteiger partial charge in [-0.2, -0.15) is 9.78 Å². The number of carboxylic acid groups (broad SMARTS) is 1. The largest absolute Gasteiger partial charge is 0.476 e. The number of aromatic carboxylic acids is 1. The number of hydrogen-bond donors (Lipinski definition) is 1. The molecule has 17 heavy (non-hydrogen) atoms. The lowest BCUT2D eigenvalue weighted by Crippen LogP contribution is -2.24. The van der Waals surface area contributed by atoms with Crippen LogP contribution in [0.15, 0.2) is 41.2 Å². The van der Waals surface area contributed by atoms with Crippen molar-refractivity contribution in [3.8, 4) is 5.69 Å². The number of carbonyl (C=O) groups is 1. The molecule has 1 aromatic carbocycles. The summed E-state index contributed by atoms with van der Waals surface area (Å²) in [5, 5.41) is 12.8. The molecular weight excluding hydrogens is 220 g/mol. The van der Waals surface area contributed by atoms with Gasteiger partial charge in [0, 0.05) is 6.07 Å². The number of rotatable bonds is 2. The van der Waals surface area contributed by atoms with E-state index >= 15 is 0 Å². The van der Waals surface area contributed by atoms with Gasteiger partial charge in [-0.25, -0.2) is 4.79 Å². The van der Waals surface area contributed by atoms with E-state index < -0.39 is 5.97 Å². The second-order valence-electron chi connectivity index (χ2n) is 3.57. The number of benzene rings is 1. The average Bonchev–Trinajstić information content (AvgIpc) is 2.29. The van der Waals surface area contributed by atoms with Crippen LogP contribution >= 0.6 is 0 Å². The molecule has 0 amide bonds. The molecule has 1 N–H and O–H groups in total. The number of aryl methyl sites for hydroxylation is 1. The first-order valence-corrected chi connectivity index (χ1v) is 4.99. The predicted molar refractivity (Wildman–Crippen MR) is 61.5 cm³/mol. The molecule has 0 aliphatic carbocycles. The van der Waals surface area contributed by atoms with Crippen LogP contribution in [0.5, 0.6) is 0 Å². The van der Waals surface area contributed by atoms with E-state index in [0.717, 1.165) is 4.68 Å². The van der Waals surface area contributed by atoms with Crippen LogP contribution in [-0.4, -0.2) is 20.9 Å². The predicted octanol–water partition coefficient (Wildman–Crippen LogP) is 1.24. The van der Waals surface area contributed by atoms with Gasteiger partial charge in [-0.3, -0.25) is 4.79 Å². The number of para-hydroxylation sites is 1. The van der Waals surface area contributed by atoms with Crippen LogP contribution in [0.1, 0.15) is 16.1 Å². The molecule has 0 radical (unpaired) electrons. The zero-order valence-electron chi connectivity index (χ0n) is 9.12. The highest BCUT2D eigenvalue weighted by molar-refractivity contribution is 5.86. The Labute approximate surface area is 97.0 Å². The third-order valence-electron chi connectivity index (χ3n) is 2.33. The van der Waals surface area contributed by atoms with Gasteiger partial charge in [0.05, 0.1) is 5.69 Å². The maximum atomic E-state index is 11.7. The quantitative estimate of drug-likeness (QED) is 0.842. The van der Waals surface area contributed by atoms with E-state index in [-0.39, 0.29) is 11.3 Å². The number of carboxylic acids is 1. The molecule has 0 atom stereocenters.